The lowest BCUT2D eigenvalue weighted by Crippen LogP contribution is -2.43. The van der Waals surface area contributed by atoms with Crippen molar-refractivity contribution in [1.82, 2.24) is 5.32 Å². The van der Waals surface area contributed by atoms with Crippen LogP contribution in [0.1, 0.15) is 18.1 Å². The number of halogens is 1. The second kappa shape index (κ2) is 10.5. The first-order chi connectivity index (χ1) is 13.3. The van der Waals surface area contributed by atoms with E-state index in [0.717, 1.165) is 11.1 Å². The highest BCUT2D eigenvalue weighted by Gasteiger charge is 2.18. The third kappa shape index (κ3) is 7.04. The highest BCUT2D eigenvalue weighted by molar-refractivity contribution is 6.31. The van der Waals surface area contributed by atoms with Crippen molar-refractivity contribution in [2.24, 2.45) is 0 Å². The second-order valence-corrected chi connectivity index (χ2v) is 6.69. The Bertz CT molecular complexity index is 838. The standard InChI is InChI=1S/C21H22ClNO5/c1-14-10-17(8-9-18(14)22)27-13-21(26)28-12-20(25)23-19(15(2)24)11-16-6-4-3-5-7-16/h3-10,19H,11-13H2,1-2H3,(H,23,25)/t19-/m0/s1. The Morgan fingerprint density at radius 1 is 1.07 bits per heavy atom. The molecule has 2 rings (SSSR count). The molecule has 7 heteroatoms. The summed E-state index contributed by atoms with van der Waals surface area (Å²) in [7, 11) is 0. The molecule has 2 aromatic rings. The molecule has 1 atom stereocenters. The molecule has 0 saturated carbocycles. The van der Waals surface area contributed by atoms with E-state index in [0.29, 0.717) is 17.2 Å². The predicted octanol–water partition coefficient (Wildman–Crippen LogP) is 2.89. The summed E-state index contributed by atoms with van der Waals surface area (Å²) >= 11 is 5.93. The Morgan fingerprint density at radius 2 is 1.79 bits per heavy atom. The SMILES string of the molecule is CC(=O)[C@H](Cc1ccccc1)NC(=O)COC(=O)COc1ccc(Cl)c(C)c1. The van der Waals surface area contributed by atoms with E-state index < -0.39 is 24.5 Å². The van der Waals surface area contributed by atoms with E-state index in [9.17, 15) is 14.4 Å². The van der Waals surface area contributed by atoms with Crippen LogP contribution in [0, 0.1) is 6.92 Å². The quantitative estimate of drug-likeness (QED) is 0.651. The van der Waals surface area contributed by atoms with Gasteiger partial charge in [0.25, 0.3) is 5.91 Å². The average Bonchev–Trinajstić information content (AvgIpc) is 2.67. The maximum atomic E-state index is 12.0. The predicted molar refractivity (Wildman–Crippen MR) is 105 cm³/mol. The topological polar surface area (TPSA) is 81.7 Å². The number of ketones is 1. The highest BCUT2D eigenvalue weighted by atomic mass is 35.5. The number of hydrogen-bond acceptors (Lipinski definition) is 5. The molecule has 6 nitrogen and oxygen atoms in total. The largest absolute Gasteiger partial charge is 0.482 e. The normalized spacial score (nSPS) is 11.4. The minimum absolute atomic E-state index is 0.176. The van der Waals surface area contributed by atoms with Crippen molar-refractivity contribution in [3.8, 4) is 5.75 Å². The third-order valence-electron chi connectivity index (χ3n) is 3.96. The minimum Gasteiger partial charge on any atom is -0.482 e. The van der Waals surface area contributed by atoms with Gasteiger partial charge < -0.3 is 14.8 Å². The number of nitrogens with one attached hydrogen (secondary N) is 1. The molecule has 0 aliphatic rings. The van der Waals surface area contributed by atoms with Crippen molar-refractivity contribution in [2.45, 2.75) is 26.3 Å². The molecule has 1 amide bonds. The summed E-state index contributed by atoms with van der Waals surface area (Å²) in [6, 6.07) is 13.7. The average molecular weight is 404 g/mol. The first-order valence-corrected chi connectivity index (χ1v) is 9.11. The van der Waals surface area contributed by atoms with Crippen molar-refractivity contribution in [3.05, 3.63) is 64.7 Å². The molecule has 0 unspecified atom stereocenters. The summed E-state index contributed by atoms with van der Waals surface area (Å²) < 4.78 is 10.2. The molecular formula is C21H22ClNO5. The summed E-state index contributed by atoms with van der Waals surface area (Å²) in [4.78, 5) is 35.6. The summed E-state index contributed by atoms with van der Waals surface area (Å²) in [5.41, 5.74) is 1.74. The van der Waals surface area contributed by atoms with Gasteiger partial charge in [-0.25, -0.2) is 4.79 Å². The number of aryl methyl sites for hydroxylation is 1. The van der Waals surface area contributed by atoms with Gasteiger partial charge in [0.2, 0.25) is 0 Å². The molecule has 148 valence electrons. The van der Waals surface area contributed by atoms with Crippen molar-refractivity contribution < 1.29 is 23.9 Å². The number of benzene rings is 2. The summed E-state index contributed by atoms with van der Waals surface area (Å²) in [6.45, 7) is 2.40. The van der Waals surface area contributed by atoms with Gasteiger partial charge in [0.15, 0.2) is 19.0 Å². The van der Waals surface area contributed by atoms with Crippen LogP contribution in [0.3, 0.4) is 0 Å². The van der Waals surface area contributed by atoms with Gasteiger partial charge in [-0.3, -0.25) is 9.59 Å². The molecule has 0 radical (unpaired) electrons. The summed E-state index contributed by atoms with van der Waals surface area (Å²) in [6.07, 6.45) is 0.370. The summed E-state index contributed by atoms with van der Waals surface area (Å²) in [5.74, 6) is -0.940. The number of hydrogen-bond donors (Lipinski definition) is 1. The van der Waals surface area contributed by atoms with E-state index in [1.165, 1.54) is 6.92 Å². The maximum Gasteiger partial charge on any atom is 0.344 e. The number of rotatable bonds is 9. The van der Waals surface area contributed by atoms with Gasteiger partial charge in [0.05, 0.1) is 6.04 Å². The van der Waals surface area contributed by atoms with Crippen LogP contribution in [0.15, 0.2) is 48.5 Å². The number of carbonyl (C=O) groups is 3. The number of esters is 1. The number of ether oxygens (including phenoxy) is 2. The Hall–Kier alpha value is -2.86. The zero-order valence-corrected chi connectivity index (χ0v) is 16.5. The molecule has 0 fully saturated rings. The fourth-order valence-electron chi connectivity index (χ4n) is 2.42. The second-order valence-electron chi connectivity index (χ2n) is 6.28. The lowest BCUT2D eigenvalue weighted by molar-refractivity contribution is -0.150. The van der Waals surface area contributed by atoms with E-state index in [2.05, 4.69) is 5.32 Å². The van der Waals surface area contributed by atoms with Crippen LogP contribution in [0.4, 0.5) is 0 Å². The van der Waals surface area contributed by atoms with Crippen LogP contribution in [-0.4, -0.2) is 36.9 Å². The van der Waals surface area contributed by atoms with Gasteiger partial charge in [0, 0.05) is 5.02 Å². The first-order valence-electron chi connectivity index (χ1n) is 8.73. The molecular weight excluding hydrogens is 382 g/mol. The van der Waals surface area contributed by atoms with Crippen LogP contribution < -0.4 is 10.1 Å². The van der Waals surface area contributed by atoms with Gasteiger partial charge >= 0.3 is 5.97 Å². The van der Waals surface area contributed by atoms with Crippen molar-refractivity contribution in [3.63, 3.8) is 0 Å². The van der Waals surface area contributed by atoms with Crippen LogP contribution in [-0.2, 0) is 25.5 Å². The monoisotopic (exact) mass is 403 g/mol. The maximum absolute atomic E-state index is 12.0. The molecule has 0 spiro atoms. The van der Waals surface area contributed by atoms with Gasteiger partial charge in [-0.15, -0.1) is 0 Å². The van der Waals surface area contributed by atoms with E-state index in [1.54, 1.807) is 18.2 Å². The molecule has 0 aliphatic carbocycles. The molecule has 0 saturated heterocycles. The van der Waals surface area contributed by atoms with E-state index in [4.69, 9.17) is 21.1 Å². The molecule has 0 aliphatic heterocycles. The van der Waals surface area contributed by atoms with Crippen LogP contribution in [0.5, 0.6) is 5.75 Å². The lowest BCUT2D eigenvalue weighted by Gasteiger charge is -2.16. The zero-order valence-electron chi connectivity index (χ0n) is 15.7. The smallest absolute Gasteiger partial charge is 0.344 e. The number of carbonyl (C=O) groups excluding carboxylic acids is 3. The van der Waals surface area contributed by atoms with Crippen molar-refractivity contribution in [1.29, 1.82) is 0 Å². The number of amides is 1. The van der Waals surface area contributed by atoms with Crippen LogP contribution in [0.25, 0.3) is 0 Å². The fourth-order valence-corrected chi connectivity index (χ4v) is 2.54. The highest BCUT2D eigenvalue weighted by Crippen LogP contribution is 2.20. The van der Waals surface area contributed by atoms with Gasteiger partial charge in [-0.05, 0) is 49.6 Å². The molecule has 0 heterocycles. The van der Waals surface area contributed by atoms with E-state index in [1.807, 2.05) is 37.3 Å². The Balaban J connectivity index is 1.77. The molecule has 0 aromatic heterocycles. The molecule has 28 heavy (non-hydrogen) atoms. The molecule has 2 aromatic carbocycles. The van der Waals surface area contributed by atoms with Crippen molar-refractivity contribution in [2.75, 3.05) is 13.2 Å². The summed E-state index contributed by atoms with van der Waals surface area (Å²) in [5, 5.41) is 3.19. The Labute approximate surface area is 168 Å². The zero-order chi connectivity index (χ0) is 20.5. The van der Waals surface area contributed by atoms with E-state index >= 15 is 0 Å². The minimum atomic E-state index is -0.690. The van der Waals surface area contributed by atoms with Gasteiger partial charge in [-0.1, -0.05) is 41.9 Å². The van der Waals surface area contributed by atoms with Gasteiger partial charge in [0.1, 0.15) is 5.75 Å². The Kier molecular flexibility index (Phi) is 8.02. The van der Waals surface area contributed by atoms with E-state index in [-0.39, 0.29) is 12.4 Å². The molecule has 1 N–H and O–H groups in total. The van der Waals surface area contributed by atoms with Crippen LogP contribution in [0.2, 0.25) is 5.02 Å². The first kappa shape index (κ1) is 21.4. The number of Topliss-reactive ketones (excluding diaryl/α,β-unsaturated/α-hetero) is 1. The third-order valence-corrected chi connectivity index (χ3v) is 4.38. The fraction of sp³-hybridized carbons (Fsp3) is 0.286. The molecule has 0 bridgehead atoms. The van der Waals surface area contributed by atoms with Crippen molar-refractivity contribution >= 4 is 29.3 Å². The lowest BCUT2D eigenvalue weighted by atomic mass is 10.0. The Morgan fingerprint density at radius 3 is 2.43 bits per heavy atom. The van der Waals surface area contributed by atoms with Gasteiger partial charge in [-0.2, -0.15) is 0 Å². The van der Waals surface area contributed by atoms with Crippen LogP contribution >= 0.6 is 11.6 Å².